The maximum atomic E-state index is 3.37. The number of nitrogens with one attached hydrogen (secondary N) is 1. The second-order valence-electron chi connectivity index (χ2n) is 4.44. The molecule has 20 heavy (non-hydrogen) atoms. The Balaban J connectivity index is 1.73. The minimum absolute atomic E-state index is 0.962. The number of benzene rings is 2. The van der Waals surface area contributed by atoms with E-state index in [9.17, 15) is 0 Å². The molecule has 0 saturated heterocycles. The predicted molar refractivity (Wildman–Crippen MR) is 91.7 cm³/mol. The topological polar surface area (TPSA) is 12.0 Å². The quantitative estimate of drug-likeness (QED) is 0.562. The van der Waals surface area contributed by atoms with Crippen molar-refractivity contribution in [3.63, 3.8) is 0 Å². The fourth-order valence-electron chi connectivity index (χ4n) is 1.85. The molecule has 0 amide bonds. The average molecular weight is 303 g/mol. The Morgan fingerprint density at radius 3 is 2.30 bits per heavy atom. The van der Waals surface area contributed by atoms with E-state index in [1.54, 1.807) is 0 Å². The molecule has 0 aliphatic carbocycles. The van der Waals surface area contributed by atoms with Crippen LogP contribution < -0.4 is 5.32 Å². The number of hydrogen-bond donors (Lipinski definition) is 1. The average Bonchev–Trinajstić information content (AvgIpc) is 2.51. The van der Waals surface area contributed by atoms with Crippen molar-refractivity contribution in [3.05, 3.63) is 60.2 Å². The molecule has 2 aromatic rings. The lowest BCUT2D eigenvalue weighted by Crippen LogP contribution is -2.11. The van der Waals surface area contributed by atoms with Crippen LogP contribution in [0.1, 0.15) is 12.5 Å². The van der Waals surface area contributed by atoms with Gasteiger partial charge < -0.3 is 5.32 Å². The lowest BCUT2D eigenvalue weighted by Gasteiger charge is -2.06. The first-order valence-electron chi connectivity index (χ1n) is 6.99. The monoisotopic (exact) mass is 303 g/mol. The van der Waals surface area contributed by atoms with Crippen molar-refractivity contribution in [2.24, 2.45) is 0 Å². The third-order valence-electron chi connectivity index (χ3n) is 2.84. The zero-order valence-corrected chi connectivity index (χ0v) is 13.5. The van der Waals surface area contributed by atoms with Gasteiger partial charge in [0.15, 0.2) is 0 Å². The van der Waals surface area contributed by atoms with Gasteiger partial charge in [0, 0.05) is 27.8 Å². The molecule has 0 aliphatic rings. The van der Waals surface area contributed by atoms with Crippen LogP contribution in [-0.4, -0.2) is 18.1 Å². The lowest BCUT2D eigenvalue weighted by molar-refractivity contribution is 0.725. The van der Waals surface area contributed by atoms with E-state index >= 15 is 0 Å². The normalized spacial score (nSPS) is 10.7. The second kappa shape index (κ2) is 9.11. The van der Waals surface area contributed by atoms with Crippen LogP contribution in [0.25, 0.3) is 0 Å². The van der Waals surface area contributed by atoms with Gasteiger partial charge in [0.1, 0.15) is 0 Å². The second-order valence-corrected chi connectivity index (χ2v) is 6.77. The van der Waals surface area contributed by atoms with Crippen molar-refractivity contribution in [3.8, 4) is 0 Å². The van der Waals surface area contributed by atoms with E-state index in [0.29, 0.717) is 0 Å². The highest BCUT2D eigenvalue weighted by molar-refractivity contribution is 8.03. The minimum Gasteiger partial charge on any atom is -0.313 e. The van der Waals surface area contributed by atoms with Gasteiger partial charge in [-0.2, -0.15) is 0 Å². The summed E-state index contributed by atoms with van der Waals surface area (Å²) in [6.07, 6.45) is 0. The van der Waals surface area contributed by atoms with E-state index in [4.69, 9.17) is 0 Å². The SMILES string of the molecule is CCNCc1cccc(SCCSc2ccccc2)c1. The van der Waals surface area contributed by atoms with Crippen LogP contribution >= 0.6 is 23.5 Å². The van der Waals surface area contributed by atoms with Gasteiger partial charge in [-0.05, 0) is 36.4 Å². The molecule has 0 atom stereocenters. The van der Waals surface area contributed by atoms with Gasteiger partial charge in [-0.25, -0.2) is 0 Å². The Morgan fingerprint density at radius 2 is 1.55 bits per heavy atom. The summed E-state index contributed by atoms with van der Waals surface area (Å²) in [5, 5.41) is 3.37. The molecular weight excluding hydrogens is 282 g/mol. The standard InChI is InChI=1S/C17H21NS2/c1-2-18-14-15-7-6-10-17(13-15)20-12-11-19-16-8-4-3-5-9-16/h3-10,13,18H,2,11-12,14H2,1H3. The van der Waals surface area contributed by atoms with Gasteiger partial charge in [0.2, 0.25) is 0 Å². The summed E-state index contributed by atoms with van der Waals surface area (Å²) in [7, 11) is 0. The van der Waals surface area contributed by atoms with Crippen LogP contribution in [0, 0.1) is 0 Å². The molecule has 0 heterocycles. The van der Waals surface area contributed by atoms with E-state index in [1.807, 2.05) is 23.5 Å². The smallest absolute Gasteiger partial charge is 0.0205 e. The Bertz CT molecular complexity index is 499. The molecule has 0 unspecified atom stereocenters. The van der Waals surface area contributed by atoms with Crippen LogP contribution in [-0.2, 0) is 6.54 Å². The highest BCUT2D eigenvalue weighted by Gasteiger charge is 1.98. The maximum absolute atomic E-state index is 3.37. The van der Waals surface area contributed by atoms with Gasteiger partial charge in [-0.3, -0.25) is 0 Å². The van der Waals surface area contributed by atoms with Crippen molar-refractivity contribution < 1.29 is 0 Å². The van der Waals surface area contributed by atoms with Crippen LogP contribution in [0.3, 0.4) is 0 Å². The molecular formula is C17H21NS2. The summed E-state index contributed by atoms with van der Waals surface area (Å²) in [6, 6.07) is 19.4. The molecule has 0 saturated carbocycles. The van der Waals surface area contributed by atoms with Crippen molar-refractivity contribution >= 4 is 23.5 Å². The first kappa shape index (κ1) is 15.5. The van der Waals surface area contributed by atoms with Gasteiger partial charge >= 0.3 is 0 Å². The Hall–Kier alpha value is -0.900. The zero-order valence-electron chi connectivity index (χ0n) is 11.8. The van der Waals surface area contributed by atoms with Gasteiger partial charge in [0.25, 0.3) is 0 Å². The third kappa shape index (κ3) is 5.61. The van der Waals surface area contributed by atoms with E-state index in [2.05, 4.69) is 66.8 Å². The summed E-state index contributed by atoms with van der Waals surface area (Å²) in [5.74, 6) is 2.29. The first-order valence-corrected chi connectivity index (χ1v) is 8.96. The maximum Gasteiger partial charge on any atom is 0.0205 e. The molecule has 3 heteroatoms. The van der Waals surface area contributed by atoms with Crippen LogP contribution in [0.2, 0.25) is 0 Å². The molecule has 0 fully saturated rings. The summed E-state index contributed by atoms with van der Waals surface area (Å²) in [5.41, 5.74) is 1.37. The van der Waals surface area contributed by atoms with Gasteiger partial charge in [-0.1, -0.05) is 37.3 Å². The summed E-state index contributed by atoms with van der Waals surface area (Å²) < 4.78 is 0. The van der Waals surface area contributed by atoms with Crippen molar-refractivity contribution in [2.45, 2.75) is 23.3 Å². The molecule has 2 aromatic carbocycles. The summed E-state index contributed by atoms with van der Waals surface area (Å²) >= 11 is 3.86. The fraction of sp³-hybridized carbons (Fsp3) is 0.294. The van der Waals surface area contributed by atoms with E-state index < -0.39 is 0 Å². The summed E-state index contributed by atoms with van der Waals surface area (Å²) in [4.78, 5) is 2.73. The number of rotatable bonds is 8. The van der Waals surface area contributed by atoms with Crippen LogP contribution in [0.5, 0.6) is 0 Å². The summed E-state index contributed by atoms with van der Waals surface area (Å²) in [6.45, 7) is 4.12. The van der Waals surface area contributed by atoms with Crippen molar-refractivity contribution in [2.75, 3.05) is 18.1 Å². The highest BCUT2D eigenvalue weighted by atomic mass is 32.2. The lowest BCUT2D eigenvalue weighted by atomic mass is 10.2. The highest BCUT2D eigenvalue weighted by Crippen LogP contribution is 2.23. The molecule has 0 radical (unpaired) electrons. The van der Waals surface area contributed by atoms with Crippen LogP contribution in [0.4, 0.5) is 0 Å². The van der Waals surface area contributed by atoms with Crippen molar-refractivity contribution in [1.29, 1.82) is 0 Å². The molecule has 0 bridgehead atoms. The predicted octanol–water partition coefficient (Wildman–Crippen LogP) is 4.68. The van der Waals surface area contributed by atoms with E-state index in [1.165, 1.54) is 15.4 Å². The molecule has 0 aliphatic heterocycles. The molecule has 106 valence electrons. The van der Waals surface area contributed by atoms with E-state index in [0.717, 1.165) is 24.6 Å². The Labute approximate surface area is 130 Å². The molecule has 2 rings (SSSR count). The molecule has 1 nitrogen and oxygen atoms in total. The van der Waals surface area contributed by atoms with Crippen LogP contribution in [0.15, 0.2) is 64.4 Å². The number of hydrogen-bond acceptors (Lipinski definition) is 3. The van der Waals surface area contributed by atoms with Gasteiger partial charge in [-0.15, -0.1) is 23.5 Å². The minimum atomic E-state index is 0.962. The number of thioether (sulfide) groups is 2. The van der Waals surface area contributed by atoms with E-state index in [-0.39, 0.29) is 0 Å². The fourth-order valence-corrected chi connectivity index (χ4v) is 3.75. The van der Waals surface area contributed by atoms with Gasteiger partial charge in [0.05, 0.1) is 0 Å². The van der Waals surface area contributed by atoms with Crippen molar-refractivity contribution in [1.82, 2.24) is 5.32 Å². The first-order chi connectivity index (χ1) is 9.88. The zero-order chi connectivity index (χ0) is 14.0. The Kier molecular flexibility index (Phi) is 7.06. The molecule has 0 aromatic heterocycles. The molecule has 1 N–H and O–H groups in total. The Morgan fingerprint density at radius 1 is 0.850 bits per heavy atom. The largest absolute Gasteiger partial charge is 0.313 e. The molecule has 0 spiro atoms. The third-order valence-corrected chi connectivity index (χ3v) is 5.11.